The van der Waals surface area contributed by atoms with Gasteiger partial charge in [0.05, 0.1) is 13.0 Å². The molecule has 0 aliphatic rings. The average Bonchev–Trinajstić information content (AvgIpc) is 2.78. The molecule has 0 unspecified atom stereocenters. The van der Waals surface area contributed by atoms with Gasteiger partial charge in [-0.1, -0.05) is 30.7 Å². The van der Waals surface area contributed by atoms with Gasteiger partial charge < -0.3 is 18.9 Å². The molecule has 182 valence electrons. The van der Waals surface area contributed by atoms with Gasteiger partial charge in [0.15, 0.2) is 17.2 Å². The van der Waals surface area contributed by atoms with Crippen LogP contribution in [-0.2, 0) is 14.3 Å². The first kappa shape index (κ1) is 26.9. The summed E-state index contributed by atoms with van der Waals surface area (Å²) in [4.78, 5) is 41.0. The maximum Gasteiger partial charge on any atom is 0.309 e. The van der Waals surface area contributed by atoms with Crippen LogP contribution in [0.2, 0.25) is 5.02 Å². The van der Waals surface area contributed by atoms with Crippen molar-refractivity contribution in [1.82, 2.24) is 4.98 Å². The molecule has 1 heterocycles. The van der Waals surface area contributed by atoms with Crippen LogP contribution in [0, 0.1) is 5.92 Å². The van der Waals surface area contributed by atoms with Gasteiger partial charge in [0, 0.05) is 37.1 Å². The minimum absolute atomic E-state index is 0.0857. The predicted molar refractivity (Wildman–Crippen MR) is 126 cm³/mol. The second-order valence-electron chi connectivity index (χ2n) is 7.59. The van der Waals surface area contributed by atoms with Crippen LogP contribution < -0.4 is 14.2 Å². The summed E-state index contributed by atoms with van der Waals surface area (Å²) in [5, 5.41) is 0.519. The number of halogens is 1. The van der Waals surface area contributed by atoms with Crippen molar-refractivity contribution in [2.24, 2.45) is 5.92 Å². The first-order valence-corrected chi connectivity index (χ1v) is 11.0. The van der Waals surface area contributed by atoms with Gasteiger partial charge in [0.1, 0.15) is 18.0 Å². The van der Waals surface area contributed by atoms with E-state index < -0.39 is 35.8 Å². The molecule has 0 saturated heterocycles. The average molecular weight is 490 g/mol. The first-order chi connectivity index (χ1) is 16.2. The molecular weight excluding hydrogens is 462 g/mol. The lowest BCUT2D eigenvalue weighted by Crippen LogP contribution is -2.35. The van der Waals surface area contributed by atoms with Crippen molar-refractivity contribution >= 4 is 29.3 Å². The Hall–Kier alpha value is -3.39. The molecule has 1 aromatic heterocycles. The second-order valence-corrected chi connectivity index (χ2v) is 8.03. The van der Waals surface area contributed by atoms with Gasteiger partial charge in [-0.2, -0.15) is 0 Å². The summed E-state index contributed by atoms with van der Waals surface area (Å²) in [5.41, 5.74) is -0.101. The molecule has 0 spiro atoms. The Morgan fingerprint density at radius 2 is 1.94 bits per heavy atom. The number of pyridine rings is 1. The molecule has 0 amide bonds. The third kappa shape index (κ3) is 7.59. The second kappa shape index (κ2) is 12.7. The lowest BCUT2D eigenvalue weighted by molar-refractivity contribution is -0.157. The number of aromatic nitrogens is 1. The highest BCUT2D eigenvalue weighted by Gasteiger charge is 2.28. The highest BCUT2D eigenvalue weighted by molar-refractivity contribution is 6.30. The normalized spacial score (nSPS) is 13.2. The van der Waals surface area contributed by atoms with E-state index in [-0.39, 0.29) is 23.6 Å². The fraction of sp³-hybridized carbons (Fsp3) is 0.360. The summed E-state index contributed by atoms with van der Waals surface area (Å²) < 4.78 is 21.8. The van der Waals surface area contributed by atoms with Gasteiger partial charge in [-0.05, 0) is 25.1 Å². The van der Waals surface area contributed by atoms with Crippen molar-refractivity contribution in [2.75, 3.05) is 7.11 Å². The summed E-state index contributed by atoms with van der Waals surface area (Å²) in [5.74, 6) is -1.86. The van der Waals surface area contributed by atoms with E-state index in [2.05, 4.69) is 11.6 Å². The molecule has 0 saturated carbocycles. The molecule has 3 atom stereocenters. The number of benzene rings is 1. The van der Waals surface area contributed by atoms with Gasteiger partial charge in [0.2, 0.25) is 5.75 Å². The Morgan fingerprint density at radius 1 is 1.21 bits per heavy atom. The molecule has 9 heteroatoms. The van der Waals surface area contributed by atoms with E-state index in [0.29, 0.717) is 17.2 Å². The summed E-state index contributed by atoms with van der Waals surface area (Å²) >= 11 is 6.01. The van der Waals surface area contributed by atoms with Gasteiger partial charge in [-0.25, -0.2) is 4.98 Å². The third-order valence-corrected chi connectivity index (χ3v) is 5.04. The zero-order valence-corrected chi connectivity index (χ0v) is 20.3. The first-order valence-electron chi connectivity index (χ1n) is 10.6. The molecule has 0 bridgehead atoms. The van der Waals surface area contributed by atoms with E-state index in [1.54, 1.807) is 44.2 Å². The SMILES string of the molecule is C=CC[C@@H](Oc1cccc(Cl)c1)[C@H](C)OC(=O)[C@H](C)CC(=O)c1nccc(OC)c1OC(C)=O. The Morgan fingerprint density at radius 3 is 2.56 bits per heavy atom. The van der Waals surface area contributed by atoms with Crippen LogP contribution in [0.5, 0.6) is 17.2 Å². The van der Waals surface area contributed by atoms with Crippen molar-refractivity contribution < 1.29 is 33.3 Å². The molecule has 2 rings (SSSR count). The summed E-state index contributed by atoms with van der Waals surface area (Å²) in [6.45, 7) is 8.20. The van der Waals surface area contributed by atoms with Crippen LogP contribution in [0.4, 0.5) is 0 Å². The molecule has 2 aromatic rings. The van der Waals surface area contributed by atoms with Crippen molar-refractivity contribution in [3.63, 3.8) is 0 Å². The van der Waals surface area contributed by atoms with E-state index in [9.17, 15) is 14.4 Å². The number of ketones is 1. The van der Waals surface area contributed by atoms with E-state index in [0.717, 1.165) is 0 Å². The number of methoxy groups -OCH3 is 1. The zero-order chi connectivity index (χ0) is 25.3. The Labute approximate surface area is 203 Å². The molecule has 0 aliphatic heterocycles. The Bertz CT molecular complexity index is 1040. The minimum atomic E-state index is -0.788. The molecule has 0 aliphatic carbocycles. The highest BCUT2D eigenvalue weighted by Crippen LogP contribution is 2.31. The lowest BCUT2D eigenvalue weighted by atomic mass is 10.0. The van der Waals surface area contributed by atoms with Crippen LogP contribution >= 0.6 is 11.6 Å². The van der Waals surface area contributed by atoms with Crippen LogP contribution in [0.3, 0.4) is 0 Å². The van der Waals surface area contributed by atoms with E-state index in [4.69, 9.17) is 30.5 Å². The minimum Gasteiger partial charge on any atom is -0.493 e. The number of hydrogen-bond acceptors (Lipinski definition) is 8. The largest absolute Gasteiger partial charge is 0.493 e. The number of esters is 2. The topological polar surface area (TPSA) is 101 Å². The van der Waals surface area contributed by atoms with E-state index in [1.165, 1.54) is 26.3 Å². The summed E-state index contributed by atoms with van der Waals surface area (Å²) in [7, 11) is 1.38. The summed E-state index contributed by atoms with van der Waals surface area (Å²) in [6, 6.07) is 8.36. The quantitative estimate of drug-likeness (QED) is 0.237. The Kier molecular flexibility index (Phi) is 10.1. The van der Waals surface area contributed by atoms with E-state index in [1.807, 2.05) is 0 Å². The lowest BCUT2D eigenvalue weighted by Gasteiger charge is -2.25. The number of nitrogens with zero attached hydrogens (tertiary/aromatic N) is 1. The van der Waals surface area contributed by atoms with Gasteiger partial charge >= 0.3 is 11.9 Å². The van der Waals surface area contributed by atoms with Crippen LogP contribution in [0.1, 0.15) is 44.1 Å². The number of carbonyl (C=O) groups excluding carboxylic acids is 3. The van der Waals surface area contributed by atoms with Gasteiger partial charge in [-0.15, -0.1) is 6.58 Å². The molecule has 0 N–H and O–H groups in total. The molecule has 34 heavy (non-hydrogen) atoms. The predicted octanol–water partition coefficient (Wildman–Crippen LogP) is 4.83. The number of ether oxygens (including phenoxy) is 4. The van der Waals surface area contributed by atoms with Gasteiger partial charge in [-0.3, -0.25) is 14.4 Å². The zero-order valence-electron chi connectivity index (χ0n) is 19.6. The van der Waals surface area contributed by atoms with Crippen LogP contribution in [0.25, 0.3) is 0 Å². The number of rotatable bonds is 12. The van der Waals surface area contributed by atoms with Crippen molar-refractivity contribution in [3.8, 4) is 17.2 Å². The third-order valence-electron chi connectivity index (χ3n) is 4.80. The molecule has 0 radical (unpaired) electrons. The Balaban J connectivity index is 2.08. The highest BCUT2D eigenvalue weighted by atomic mass is 35.5. The van der Waals surface area contributed by atoms with E-state index >= 15 is 0 Å². The maximum atomic E-state index is 12.9. The fourth-order valence-electron chi connectivity index (χ4n) is 3.08. The molecule has 0 fully saturated rings. The number of carbonyl (C=O) groups is 3. The molecular formula is C25H28ClNO7. The van der Waals surface area contributed by atoms with Crippen LogP contribution in [0.15, 0.2) is 49.2 Å². The van der Waals surface area contributed by atoms with Crippen molar-refractivity contribution in [2.45, 2.75) is 45.8 Å². The van der Waals surface area contributed by atoms with Crippen molar-refractivity contribution in [1.29, 1.82) is 0 Å². The standard InChI is InChI=1S/C25H28ClNO7/c1-6-8-21(34-19-10-7-9-18(26)14-19)16(3)32-25(30)15(2)13-20(29)23-24(33-17(4)28)22(31-5)11-12-27-23/h6-7,9-12,14-16,21H,1,8,13H2,2-5H3/t15-,16+,21-/m1/s1. The molecule has 1 aromatic carbocycles. The van der Waals surface area contributed by atoms with Crippen molar-refractivity contribution in [3.05, 3.63) is 59.9 Å². The number of hydrogen-bond donors (Lipinski definition) is 0. The molecule has 8 nitrogen and oxygen atoms in total. The van der Waals surface area contributed by atoms with Crippen LogP contribution in [-0.4, -0.2) is 42.0 Å². The maximum absolute atomic E-state index is 12.9. The van der Waals surface area contributed by atoms with Gasteiger partial charge in [0.25, 0.3) is 0 Å². The smallest absolute Gasteiger partial charge is 0.309 e. The fourth-order valence-corrected chi connectivity index (χ4v) is 3.26. The monoisotopic (exact) mass is 489 g/mol. The number of Topliss-reactive ketones (excluding diaryl/α,β-unsaturated/α-hetero) is 1. The summed E-state index contributed by atoms with van der Waals surface area (Å²) in [6.07, 6.45) is 2.11.